The minimum atomic E-state index is -5.12. The predicted octanol–water partition coefficient (Wildman–Crippen LogP) is 2.83. The Labute approximate surface area is 142 Å². The van der Waals surface area contributed by atoms with Crippen LogP contribution < -0.4 is 20.7 Å². The lowest BCUT2D eigenvalue weighted by molar-refractivity contribution is -0.189. The van der Waals surface area contributed by atoms with Crippen molar-refractivity contribution < 1.29 is 27.5 Å². The highest BCUT2D eigenvalue weighted by Gasteiger charge is 2.41. The number of ether oxygens (including phenoxy) is 1. The highest BCUT2D eigenvalue weighted by atomic mass is 19.4. The van der Waals surface area contributed by atoms with E-state index in [0.717, 1.165) is 6.42 Å². The molecule has 0 fully saturated rings. The molecule has 0 heterocycles. The summed E-state index contributed by atoms with van der Waals surface area (Å²) in [5.41, 5.74) is 0.890. The molecule has 4 N–H and O–H groups in total. The van der Waals surface area contributed by atoms with Crippen LogP contribution >= 0.6 is 0 Å². The molecule has 7 nitrogen and oxygen atoms in total. The molecule has 1 aromatic rings. The van der Waals surface area contributed by atoms with E-state index in [1.807, 2.05) is 6.92 Å². The number of carbonyl (C=O) groups excluding carboxylic acids is 2. The summed E-state index contributed by atoms with van der Waals surface area (Å²) in [7, 11) is 0. The lowest BCUT2D eigenvalue weighted by atomic mass is 10.1. The number of alkyl halides is 3. The second kappa shape index (κ2) is 8.36. The number of guanidine groups is 1. The van der Waals surface area contributed by atoms with Gasteiger partial charge in [-0.2, -0.15) is 13.2 Å². The van der Waals surface area contributed by atoms with Gasteiger partial charge in [0.25, 0.3) is 0 Å². The van der Waals surface area contributed by atoms with Gasteiger partial charge in [0.15, 0.2) is 5.96 Å². The maximum absolute atomic E-state index is 12.3. The number of hydrogen-bond acceptors (Lipinski definition) is 4. The molecule has 1 rings (SSSR count). The van der Waals surface area contributed by atoms with Crippen LogP contribution in [0, 0.1) is 19.3 Å². The summed E-state index contributed by atoms with van der Waals surface area (Å²) < 4.78 is 41.3. The number of aryl methyl sites for hydroxylation is 1. The van der Waals surface area contributed by atoms with Crippen molar-refractivity contribution in [2.45, 2.75) is 33.4 Å². The van der Waals surface area contributed by atoms with E-state index in [9.17, 15) is 22.8 Å². The zero-order valence-electron chi connectivity index (χ0n) is 13.9. The minimum absolute atomic E-state index is 0.154. The Morgan fingerprint density at radius 1 is 1.24 bits per heavy atom. The fraction of sp³-hybridized carbons (Fsp3) is 0.400. The number of urea groups is 1. The molecule has 0 aliphatic heterocycles. The van der Waals surface area contributed by atoms with E-state index < -0.39 is 18.2 Å². The van der Waals surface area contributed by atoms with Crippen LogP contribution in [0.1, 0.15) is 24.5 Å². The SMILES string of the molecule is CCCNC(=N)NC(=O)Nc1c(C)ccc(OC(=O)C(F)(F)F)c1C. The number of esters is 1. The molecule has 0 aromatic heterocycles. The first-order valence-corrected chi connectivity index (χ1v) is 7.35. The average molecular weight is 360 g/mol. The van der Waals surface area contributed by atoms with E-state index >= 15 is 0 Å². The summed E-state index contributed by atoms with van der Waals surface area (Å²) in [4.78, 5) is 22.9. The van der Waals surface area contributed by atoms with Crippen molar-refractivity contribution in [3.05, 3.63) is 23.3 Å². The number of halogens is 3. The summed E-state index contributed by atoms with van der Waals surface area (Å²) in [6.07, 6.45) is -4.36. The van der Waals surface area contributed by atoms with Gasteiger partial charge in [-0.05, 0) is 31.9 Å². The number of carbonyl (C=O) groups is 2. The zero-order chi connectivity index (χ0) is 19.2. The second-order valence-corrected chi connectivity index (χ2v) is 5.15. The van der Waals surface area contributed by atoms with Crippen LogP contribution in [-0.2, 0) is 4.79 Å². The Morgan fingerprint density at radius 2 is 1.88 bits per heavy atom. The number of rotatable bonds is 4. The van der Waals surface area contributed by atoms with Crippen molar-refractivity contribution in [3.8, 4) is 5.75 Å². The Hall–Kier alpha value is -2.78. The molecule has 1 aromatic carbocycles. The third kappa shape index (κ3) is 5.98. The summed E-state index contributed by atoms with van der Waals surface area (Å²) >= 11 is 0. The highest BCUT2D eigenvalue weighted by Crippen LogP contribution is 2.30. The van der Waals surface area contributed by atoms with Gasteiger partial charge in [-0.25, -0.2) is 9.59 Å². The van der Waals surface area contributed by atoms with Gasteiger partial charge in [-0.15, -0.1) is 0 Å². The first-order chi connectivity index (χ1) is 11.6. The molecule has 0 aliphatic carbocycles. The molecule has 0 bridgehead atoms. The van der Waals surface area contributed by atoms with Crippen LogP contribution in [0.2, 0.25) is 0 Å². The van der Waals surface area contributed by atoms with Crippen molar-refractivity contribution >= 4 is 23.6 Å². The van der Waals surface area contributed by atoms with E-state index in [4.69, 9.17) is 5.41 Å². The first kappa shape index (κ1) is 20.3. The van der Waals surface area contributed by atoms with Gasteiger partial charge in [0, 0.05) is 12.1 Å². The summed E-state index contributed by atoms with van der Waals surface area (Å²) in [5.74, 6) is -2.88. The van der Waals surface area contributed by atoms with Crippen molar-refractivity contribution in [1.29, 1.82) is 5.41 Å². The Kier molecular flexibility index (Phi) is 6.77. The lowest BCUT2D eigenvalue weighted by Gasteiger charge is -2.16. The highest BCUT2D eigenvalue weighted by molar-refractivity contribution is 6.02. The first-order valence-electron chi connectivity index (χ1n) is 7.35. The molecule has 10 heteroatoms. The number of benzene rings is 1. The fourth-order valence-corrected chi connectivity index (χ4v) is 1.84. The van der Waals surface area contributed by atoms with Crippen LogP contribution in [0.5, 0.6) is 5.75 Å². The third-order valence-corrected chi connectivity index (χ3v) is 3.09. The smallest absolute Gasteiger partial charge is 0.420 e. The third-order valence-electron chi connectivity index (χ3n) is 3.09. The number of amides is 2. The number of nitrogens with one attached hydrogen (secondary N) is 4. The maximum atomic E-state index is 12.3. The predicted molar refractivity (Wildman–Crippen MR) is 85.8 cm³/mol. The van der Waals surface area contributed by atoms with E-state index in [1.165, 1.54) is 19.1 Å². The van der Waals surface area contributed by atoms with E-state index in [0.29, 0.717) is 12.1 Å². The molecule has 0 saturated heterocycles. The molecule has 0 unspecified atom stereocenters. The Balaban J connectivity index is 2.90. The van der Waals surface area contributed by atoms with Crippen molar-refractivity contribution in [2.75, 3.05) is 11.9 Å². The fourth-order valence-electron chi connectivity index (χ4n) is 1.84. The average Bonchev–Trinajstić information content (AvgIpc) is 2.51. The summed E-state index contributed by atoms with van der Waals surface area (Å²) in [5, 5.41) is 14.8. The monoisotopic (exact) mass is 360 g/mol. The molecule has 0 aliphatic rings. The van der Waals surface area contributed by atoms with Crippen LogP contribution in [0.4, 0.5) is 23.7 Å². The van der Waals surface area contributed by atoms with Gasteiger partial charge in [-0.1, -0.05) is 13.0 Å². The van der Waals surface area contributed by atoms with Crippen molar-refractivity contribution in [1.82, 2.24) is 10.6 Å². The van der Waals surface area contributed by atoms with Gasteiger partial charge >= 0.3 is 18.2 Å². The zero-order valence-corrected chi connectivity index (χ0v) is 13.9. The quantitative estimate of drug-likeness (QED) is 0.287. The van der Waals surface area contributed by atoms with Gasteiger partial charge < -0.3 is 15.4 Å². The van der Waals surface area contributed by atoms with Crippen LogP contribution in [-0.4, -0.2) is 30.7 Å². The van der Waals surface area contributed by atoms with Crippen molar-refractivity contribution in [2.24, 2.45) is 0 Å². The summed E-state index contributed by atoms with van der Waals surface area (Å²) in [6, 6.07) is 1.86. The molecular formula is C15H19F3N4O3. The van der Waals surface area contributed by atoms with Gasteiger partial charge in [0.05, 0.1) is 5.69 Å². The van der Waals surface area contributed by atoms with E-state index in [2.05, 4.69) is 20.7 Å². The van der Waals surface area contributed by atoms with Gasteiger partial charge in [-0.3, -0.25) is 10.7 Å². The summed E-state index contributed by atoms with van der Waals surface area (Å²) in [6.45, 7) is 5.42. The van der Waals surface area contributed by atoms with E-state index in [1.54, 1.807) is 6.92 Å². The van der Waals surface area contributed by atoms with Gasteiger partial charge in [0.1, 0.15) is 5.75 Å². The second-order valence-electron chi connectivity index (χ2n) is 5.15. The molecular weight excluding hydrogens is 341 g/mol. The molecule has 25 heavy (non-hydrogen) atoms. The van der Waals surface area contributed by atoms with Crippen LogP contribution in [0.15, 0.2) is 12.1 Å². The standard InChI is InChI=1S/C15H19F3N4O3/c1-4-7-20-13(19)22-14(24)21-11-8(2)5-6-10(9(11)3)25-12(23)15(16,17)18/h5-6H,4,7H2,1-3H3,(H4,19,20,21,22,24). The Bertz CT molecular complexity index is 675. The largest absolute Gasteiger partial charge is 0.491 e. The van der Waals surface area contributed by atoms with Gasteiger partial charge in [0.2, 0.25) is 0 Å². The molecule has 2 amide bonds. The normalized spacial score (nSPS) is 10.8. The maximum Gasteiger partial charge on any atom is 0.491 e. The lowest BCUT2D eigenvalue weighted by Crippen LogP contribution is -2.42. The minimum Gasteiger partial charge on any atom is -0.420 e. The van der Waals surface area contributed by atoms with Crippen LogP contribution in [0.3, 0.4) is 0 Å². The Morgan fingerprint density at radius 3 is 2.44 bits per heavy atom. The molecule has 0 spiro atoms. The molecule has 0 atom stereocenters. The van der Waals surface area contributed by atoms with Crippen molar-refractivity contribution in [3.63, 3.8) is 0 Å². The molecule has 138 valence electrons. The molecule has 0 radical (unpaired) electrons. The number of anilines is 1. The number of hydrogen-bond donors (Lipinski definition) is 4. The van der Waals surface area contributed by atoms with E-state index in [-0.39, 0.29) is 23.0 Å². The topological polar surface area (TPSA) is 103 Å². The van der Waals surface area contributed by atoms with Crippen LogP contribution in [0.25, 0.3) is 0 Å². The molecule has 0 saturated carbocycles.